The van der Waals surface area contributed by atoms with Crippen LogP contribution in [0.15, 0.2) is 47.7 Å². The van der Waals surface area contributed by atoms with Crippen LogP contribution in [0.2, 0.25) is 0 Å². The monoisotopic (exact) mass is 397 g/mol. The Kier molecular flexibility index (Phi) is 6.63. The number of hydrogen-bond donors (Lipinski definition) is 2. The predicted molar refractivity (Wildman–Crippen MR) is 114 cm³/mol. The maximum atomic E-state index is 13.2. The van der Waals surface area contributed by atoms with Gasteiger partial charge in [0.1, 0.15) is 6.29 Å². The molecule has 2 heterocycles. The lowest BCUT2D eigenvalue weighted by atomic mass is 10.2. The number of piperazine rings is 1. The topological polar surface area (TPSA) is 114 Å². The molecule has 1 aromatic heterocycles. The molecule has 0 aliphatic carbocycles. The second-order valence-electron chi connectivity index (χ2n) is 6.99. The minimum Gasteiger partial charge on any atom is -0.403 e. The Balaban J connectivity index is 1.99. The smallest absolute Gasteiger partial charge is 0.298 e. The van der Waals surface area contributed by atoms with E-state index in [1.807, 2.05) is 29.2 Å². The maximum Gasteiger partial charge on any atom is 0.298 e. The summed E-state index contributed by atoms with van der Waals surface area (Å²) in [7, 11) is 2.06. The number of aldehydes is 1. The zero-order valence-electron chi connectivity index (χ0n) is 16.6. The molecule has 1 saturated heterocycles. The van der Waals surface area contributed by atoms with E-state index >= 15 is 0 Å². The molecule has 9 nitrogen and oxygen atoms in total. The normalized spacial score (nSPS) is 15.0. The van der Waals surface area contributed by atoms with Gasteiger partial charge in [0.25, 0.3) is 5.56 Å². The first-order chi connectivity index (χ1) is 14.0. The number of aromatic nitrogens is 2. The summed E-state index contributed by atoms with van der Waals surface area (Å²) in [6.07, 6.45) is 6.31. The van der Waals surface area contributed by atoms with E-state index in [1.165, 1.54) is 17.4 Å². The third kappa shape index (κ3) is 4.82. The van der Waals surface area contributed by atoms with Crippen LogP contribution in [-0.4, -0.2) is 54.0 Å². The van der Waals surface area contributed by atoms with Crippen molar-refractivity contribution in [1.82, 2.24) is 14.5 Å². The molecule has 1 aliphatic rings. The van der Waals surface area contributed by atoms with Crippen molar-refractivity contribution in [1.29, 1.82) is 0 Å². The van der Waals surface area contributed by atoms with Gasteiger partial charge in [0, 0.05) is 56.9 Å². The van der Waals surface area contributed by atoms with Crippen LogP contribution in [-0.2, 0) is 11.2 Å². The van der Waals surface area contributed by atoms with Crippen molar-refractivity contribution < 1.29 is 4.79 Å². The quantitative estimate of drug-likeness (QED) is 0.388. The molecule has 1 aliphatic heterocycles. The van der Waals surface area contributed by atoms with Gasteiger partial charge in [0.15, 0.2) is 5.82 Å². The van der Waals surface area contributed by atoms with Gasteiger partial charge in [-0.2, -0.15) is 0 Å². The molecule has 0 radical (unpaired) electrons. The lowest BCUT2D eigenvalue weighted by molar-refractivity contribution is -0.107. The highest BCUT2D eigenvalue weighted by molar-refractivity contribution is 5.53. The highest BCUT2D eigenvalue weighted by atomic mass is 16.1. The summed E-state index contributed by atoms with van der Waals surface area (Å²) < 4.78 is 1.59. The Morgan fingerprint density at radius 1 is 1.17 bits per heavy atom. The summed E-state index contributed by atoms with van der Waals surface area (Å²) in [5, 5.41) is 1.39. The molecule has 0 unspecified atom stereocenters. The van der Waals surface area contributed by atoms with Crippen molar-refractivity contribution in [3.05, 3.63) is 58.9 Å². The number of rotatable bonds is 7. The van der Waals surface area contributed by atoms with Crippen LogP contribution in [0.5, 0.6) is 0 Å². The van der Waals surface area contributed by atoms with E-state index in [-0.39, 0.29) is 5.56 Å². The molecular formula is C20H27N7O2. The molecule has 29 heavy (non-hydrogen) atoms. The maximum absolute atomic E-state index is 13.2. The number of likely N-dealkylation sites (N-methyl/N-ethyl adjacent to an activating group) is 1. The Hall–Kier alpha value is -3.17. The van der Waals surface area contributed by atoms with E-state index in [4.69, 9.17) is 11.6 Å². The number of carbonyl (C=O) groups is 1. The van der Waals surface area contributed by atoms with Crippen LogP contribution in [0.3, 0.4) is 0 Å². The number of aryl methyl sites for hydroxylation is 1. The predicted octanol–water partition coefficient (Wildman–Crippen LogP) is 0.226. The van der Waals surface area contributed by atoms with E-state index in [0.29, 0.717) is 30.0 Å². The van der Waals surface area contributed by atoms with E-state index in [9.17, 15) is 9.59 Å². The van der Waals surface area contributed by atoms with Gasteiger partial charge in [-0.1, -0.05) is 0 Å². The molecule has 9 heteroatoms. The third-order valence-corrected chi connectivity index (χ3v) is 4.93. The van der Waals surface area contributed by atoms with Crippen molar-refractivity contribution in [3.8, 4) is 5.69 Å². The molecule has 0 spiro atoms. The molecule has 2 aromatic rings. The summed E-state index contributed by atoms with van der Waals surface area (Å²) in [5.41, 5.74) is 7.34. The van der Waals surface area contributed by atoms with E-state index in [2.05, 4.69) is 16.9 Å². The molecule has 4 N–H and O–H groups in total. The average Bonchev–Trinajstić information content (AvgIpc) is 2.74. The Labute approximate surface area is 169 Å². The van der Waals surface area contributed by atoms with Gasteiger partial charge in [-0.05, 0) is 37.7 Å². The zero-order chi connectivity index (χ0) is 20.8. The lowest BCUT2D eigenvalue weighted by Crippen LogP contribution is -2.47. The minimum atomic E-state index is -0.177. The van der Waals surface area contributed by atoms with Gasteiger partial charge in [0.05, 0.1) is 11.4 Å². The molecule has 0 amide bonds. The van der Waals surface area contributed by atoms with Crippen LogP contribution in [0.1, 0.15) is 12.1 Å². The van der Waals surface area contributed by atoms with Crippen molar-refractivity contribution in [2.24, 2.45) is 11.6 Å². The lowest BCUT2D eigenvalue weighted by Gasteiger charge is -2.33. The first kappa shape index (κ1) is 20.6. The summed E-state index contributed by atoms with van der Waals surface area (Å²) in [4.78, 5) is 32.9. The zero-order valence-corrected chi connectivity index (χ0v) is 16.6. The first-order valence-electron chi connectivity index (χ1n) is 9.56. The summed E-state index contributed by atoms with van der Waals surface area (Å²) in [6, 6.07) is 7.25. The molecule has 0 atom stereocenters. The number of anilines is 2. The Morgan fingerprint density at radius 2 is 1.86 bits per heavy atom. The SMILES string of the molecule is CN1CCN(c2nc(CCC=O)cn(-c3ccc(N(N)/C=C\N)cc3)c2=O)CC1. The summed E-state index contributed by atoms with van der Waals surface area (Å²) in [6.45, 7) is 3.22. The van der Waals surface area contributed by atoms with Crippen LogP contribution in [0.4, 0.5) is 11.5 Å². The Morgan fingerprint density at radius 3 is 2.48 bits per heavy atom. The highest BCUT2D eigenvalue weighted by Crippen LogP contribution is 2.17. The van der Waals surface area contributed by atoms with Gasteiger partial charge < -0.3 is 20.3 Å². The van der Waals surface area contributed by atoms with Crippen LogP contribution in [0, 0.1) is 0 Å². The van der Waals surface area contributed by atoms with Gasteiger partial charge in [0.2, 0.25) is 0 Å². The molecule has 0 bridgehead atoms. The number of carbonyl (C=O) groups excluding carboxylic acids is 1. The van der Waals surface area contributed by atoms with Crippen molar-refractivity contribution in [2.45, 2.75) is 12.8 Å². The fourth-order valence-electron chi connectivity index (χ4n) is 3.24. The minimum absolute atomic E-state index is 0.177. The average molecular weight is 397 g/mol. The summed E-state index contributed by atoms with van der Waals surface area (Å²) >= 11 is 0. The van der Waals surface area contributed by atoms with Crippen molar-refractivity contribution in [3.63, 3.8) is 0 Å². The van der Waals surface area contributed by atoms with Gasteiger partial charge in [-0.15, -0.1) is 0 Å². The van der Waals surface area contributed by atoms with Gasteiger partial charge in [-0.3, -0.25) is 14.4 Å². The molecule has 1 fully saturated rings. The van der Waals surface area contributed by atoms with Gasteiger partial charge in [-0.25, -0.2) is 10.8 Å². The van der Waals surface area contributed by atoms with Crippen LogP contribution < -0.4 is 27.0 Å². The molecule has 154 valence electrons. The van der Waals surface area contributed by atoms with E-state index < -0.39 is 0 Å². The molecule has 0 saturated carbocycles. The second-order valence-corrected chi connectivity index (χ2v) is 6.99. The van der Waals surface area contributed by atoms with Crippen LogP contribution in [0.25, 0.3) is 5.69 Å². The molecule has 1 aromatic carbocycles. The molecular weight excluding hydrogens is 370 g/mol. The first-order valence-corrected chi connectivity index (χ1v) is 9.56. The van der Waals surface area contributed by atoms with E-state index in [1.54, 1.807) is 10.8 Å². The summed E-state index contributed by atoms with van der Waals surface area (Å²) in [5.74, 6) is 6.31. The second kappa shape index (κ2) is 9.35. The molecule has 3 rings (SSSR count). The number of nitrogens with two attached hydrogens (primary N) is 2. The number of nitrogens with zero attached hydrogens (tertiary/aromatic N) is 5. The Bertz CT molecular complexity index is 915. The van der Waals surface area contributed by atoms with Crippen LogP contribution >= 0.6 is 0 Å². The fourth-order valence-corrected chi connectivity index (χ4v) is 3.24. The van der Waals surface area contributed by atoms with Crippen molar-refractivity contribution >= 4 is 17.8 Å². The number of hydrogen-bond acceptors (Lipinski definition) is 8. The van der Waals surface area contributed by atoms with E-state index in [0.717, 1.165) is 38.2 Å². The largest absolute Gasteiger partial charge is 0.403 e. The van der Waals surface area contributed by atoms with Gasteiger partial charge >= 0.3 is 0 Å². The number of benzene rings is 1. The highest BCUT2D eigenvalue weighted by Gasteiger charge is 2.20. The third-order valence-electron chi connectivity index (χ3n) is 4.93. The fraction of sp³-hybridized carbons (Fsp3) is 0.350. The van der Waals surface area contributed by atoms with Crippen molar-refractivity contribution in [2.75, 3.05) is 43.1 Å². The number of hydrazine groups is 1. The standard InChI is InChI=1S/C20H27N7O2/c1-24-10-12-25(13-11-24)19-20(29)26(15-16(23-19)3-2-14-28)17-4-6-18(7-5-17)27(22)9-8-21/h4-9,14-15H,2-3,10-13,21-22H2,1H3/b9-8-.